The van der Waals surface area contributed by atoms with E-state index in [2.05, 4.69) is 4.98 Å². The van der Waals surface area contributed by atoms with Crippen molar-refractivity contribution in [3.63, 3.8) is 0 Å². The van der Waals surface area contributed by atoms with Crippen molar-refractivity contribution in [2.45, 2.75) is 20.0 Å². The van der Waals surface area contributed by atoms with Gasteiger partial charge >= 0.3 is 0 Å². The topological polar surface area (TPSA) is 65.1 Å². The molecule has 0 saturated heterocycles. The van der Waals surface area contributed by atoms with Crippen molar-refractivity contribution in [1.82, 2.24) is 9.55 Å². The summed E-state index contributed by atoms with van der Waals surface area (Å²) in [5.41, 5.74) is 2.60. The highest BCUT2D eigenvalue weighted by atomic mass is 35.5. The Kier molecular flexibility index (Phi) is 6.17. The Morgan fingerprint density at radius 2 is 1.79 bits per heavy atom. The molecule has 6 nitrogen and oxygen atoms in total. The van der Waals surface area contributed by atoms with Gasteiger partial charge in [-0.3, -0.25) is 9.59 Å². The number of pyridine rings is 1. The number of carbonyl (C=O) groups excluding carboxylic acids is 2. The normalized spacial score (nSPS) is 12.4. The van der Waals surface area contributed by atoms with Crippen LogP contribution in [0.1, 0.15) is 43.5 Å². The molecule has 0 unspecified atom stereocenters. The van der Waals surface area contributed by atoms with Gasteiger partial charge in [0.25, 0.3) is 5.82 Å². The summed E-state index contributed by atoms with van der Waals surface area (Å²) in [6.45, 7) is 3.24. The lowest BCUT2D eigenvalue weighted by atomic mass is 9.90. The minimum Gasteiger partial charge on any atom is -1.00 e. The van der Waals surface area contributed by atoms with Crippen LogP contribution in [0.2, 0.25) is 5.15 Å². The van der Waals surface area contributed by atoms with Crippen LogP contribution in [-0.2, 0) is 17.8 Å². The van der Waals surface area contributed by atoms with E-state index in [1.807, 2.05) is 22.1 Å². The summed E-state index contributed by atoms with van der Waals surface area (Å²) < 4.78 is 8.97. The van der Waals surface area contributed by atoms with Gasteiger partial charge in [0, 0.05) is 36.9 Å². The van der Waals surface area contributed by atoms with Gasteiger partial charge in [-0.05, 0) is 6.07 Å². The van der Waals surface area contributed by atoms with Crippen LogP contribution >= 0.6 is 11.6 Å². The molecule has 1 aliphatic carbocycles. The Balaban J connectivity index is 0.00000240. The number of benzene rings is 1. The van der Waals surface area contributed by atoms with Crippen molar-refractivity contribution in [1.29, 1.82) is 0 Å². The molecule has 29 heavy (non-hydrogen) atoms. The molecule has 2 aromatic heterocycles. The fourth-order valence-corrected chi connectivity index (χ4v) is 3.76. The van der Waals surface area contributed by atoms with E-state index >= 15 is 0 Å². The zero-order valence-electron chi connectivity index (χ0n) is 16.0. The molecule has 0 aliphatic heterocycles. The van der Waals surface area contributed by atoms with Crippen molar-refractivity contribution >= 4 is 23.2 Å². The Bertz CT molecular complexity index is 1090. The first-order valence-electron chi connectivity index (χ1n) is 8.93. The van der Waals surface area contributed by atoms with Gasteiger partial charge in [0.2, 0.25) is 23.0 Å². The van der Waals surface area contributed by atoms with E-state index in [-0.39, 0.29) is 24.0 Å². The van der Waals surface area contributed by atoms with Gasteiger partial charge < -0.3 is 17.1 Å². The van der Waals surface area contributed by atoms with E-state index in [1.54, 1.807) is 43.6 Å². The van der Waals surface area contributed by atoms with Gasteiger partial charge in [-0.1, -0.05) is 41.9 Å². The number of fused-ring (bicyclic) bond motifs is 2. The smallest absolute Gasteiger partial charge is 0.254 e. The number of ketones is 2. The number of hydrogen-bond acceptors (Lipinski definition) is 4. The van der Waals surface area contributed by atoms with Crippen LogP contribution in [0, 0.1) is 6.92 Å². The van der Waals surface area contributed by atoms with Crippen LogP contribution in [0.25, 0.3) is 0 Å². The number of halogens is 2. The zero-order valence-corrected chi connectivity index (χ0v) is 17.5. The fraction of sp³-hybridized carbons (Fsp3) is 0.238. The Labute approximate surface area is 179 Å². The third-order valence-electron chi connectivity index (χ3n) is 5.04. The molecule has 0 amide bonds. The second kappa shape index (κ2) is 8.45. The maximum atomic E-state index is 13.3. The number of nitrogens with zero attached hydrogens (tertiary/aromatic N) is 3. The molecule has 0 bridgehead atoms. The van der Waals surface area contributed by atoms with E-state index in [1.165, 1.54) is 0 Å². The molecule has 1 aromatic carbocycles. The Morgan fingerprint density at radius 3 is 2.41 bits per heavy atom. The maximum Gasteiger partial charge on any atom is 0.254 e. The number of hydrogen-bond donors (Lipinski definition) is 0. The van der Waals surface area contributed by atoms with Gasteiger partial charge in [-0.2, -0.15) is 0 Å². The van der Waals surface area contributed by atoms with Crippen LogP contribution < -0.4 is 17.0 Å². The van der Waals surface area contributed by atoms with Gasteiger partial charge in [0.05, 0.1) is 6.61 Å². The molecule has 4 rings (SSSR count). The summed E-state index contributed by atoms with van der Waals surface area (Å²) in [6.07, 6.45) is 1.68. The molecule has 0 fully saturated rings. The summed E-state index contributed by atoms with van der Waals surface area (Å²) in [5.74, 6) is 0.523. The van der Waals surface area contributed by atoms with E-state index < -0.39 is 0 Å². The second-order valence-corrected chi connectivity index (χ2v) is 7.06. The van der Waals surface area contributed by atoms with Crippen LogP contribution in [0.3, 0.4) is 0 Å². The van der Waals surface area contributed by atoms with Crippen molar-refractivity contribution in [2.24, 2.45) is 0 Å². The molecule has 1 aliphatic rings. The molecule has 2 heterocycles. The summed E-state index contributed by atoms with van der Waals surface area (Å²) >= 11 is 5.89. The summed E-state index contributed by atoms with van der Waals surface area (Å²) in [6, 6.07) is 10.5. The number of aromatic nitrogens is 3. The van der Waals surface area contributed by atoms with Crippen molar-refractivity contribution < 1.29 is 31.3 Å². The predicted molar refractivity (Wildman–Crippen MR) is 103 cm³/mol. The minimum absolute atomic E-state index is 0. The number of imidazole rings is 1. The monoisotopic (exact) mass is 431 g/mol. The van der Waals surface area contributed by atoms with Crippen LogP contribution in [0.4, 0.5) is 0 Å². The SMILES string of the molecule is COCCn1c2c([n+](Cc3ccc(Cl)nc3)c1C)C(=O)c1ccccc1C2=O.[Cl-]. The standard InChI is InChI=1S/C21H19ClN3O3.ClH/c1-13-24(9-10-28-2)18-19(25(13)12-14-7-8-17(22)23-11-14)21(27)16-6-4-3-5-15(16)20(18)26;/h3-8,11H,9-10,12H2,1-2H3;1H/q+1;/p-1. The largest absolute Gasteiger partial charge is 1.00 e. The first-order valence-corrected chi connectivity index (χ1v) is 9.31. The first kappa shape index (κ1) is 21.2. The molecular weight excluding hydrogens is 413 g/mol. The minimum atomic E-state index is -0.147. The van der Waals surface area contributed by atoms with E-state index in [0.717, 1.165) is 11.4 Å². The average Bonchev–Trinajstić information content (AvgIpc) is 2.98. The van der Waals surface area contributed by atoms with Crippen LogP contribution in [-0.4, -0.2) is 34.8 Å². The lowest BCUT2D eigenvalue weighted by Gasteiger charge is -2.13. The molecule has 0 N–H and O–H groups in total. The fourth-order valence-electron chi connectivity index (χ4n) is 3.65. The highest BCUT2D eigenvalue weighted by molar-refractivity contribution is 6.29. The quantitative estimate of drug-likeness (QED) is 0.318. The van der Waals surface area contributed by atoms with Crippen LogP contribution in [0.15, 0.2) is 42.6 Å². The van der Waals surface area contributed by atoms with Crippen molar-refractivity contribution in [3.05, 3.63) is 81.7 Å². The molecule has 150 valence electrons. The van der Waals surface area contributed by atoms with Gasteiger partial charge in [0.15, 0.2) is 0 Å². The molecule has 0 radical (unpaired) electrons. The number of rotatable bonds is 5. The zero-order chi connectivity index (χ0) is 19.8. The summed E-state index contributed by atoms with van der Waals surface area (Å²) in [7, 11) is 1.61. The van der Waals surface area contributed by atoms with E-state index in [9.17, 15) is 9.59 Å². The lowest BCUT2D eigenvalue weighted by molar-refractivity contribution is -0.695. The Hall–Kier alpha value is -2.54. The van der Waals surface area contributed by atoms with Crippen LogP contribution in [0.5, 0.6) is 0 Å². The number of methoxy groups -OCH3 is 1. The highest BCUT2D eigenvalue weighted by Crippen LogP contribution is 2.27. The predicted octanol–water partition coefficient (Wildman–Crippen LogP) is -0.393. The summed E-state index contributed by atoms with van der Waals surface area (Å²) in [4.78, 5) is 30.7. The number of ether oxygens (including phenoxy) is 1. The lowest BCUT2D eigenvalue weighted by Crippen LogP contribution is -3.00. The van der Waals surface area contributed by atoms with Gasteiger partial charge in [0.1, 0.15) is 18.2 Å². The first-order chi connectivity index (χ1) is 13.5. The third kappa shape index (κ3) is 3.59. The molecule has 8 heteroatoms. The van der Waals surface area contributed by atoms with Gasteiger partial charge in [-0.15, -0.1) is 0 Å². The van der Waals surface area contributed by atoms with E-state index in [4.69, 9.17) is 16.3 Å². The molecule has 0 saturated carbocycles. The molecular formula is C21H19Cl2N3O3. The maximum absolute atomic E-state index is 13.3. The molecule has 0 spiro atoms. The highest BCUT2D eigenvalue weighted by Gasteiger charge is 2.42. The average molecular weight is 432 g/mol. The van der Waals surface area contributed by atoms with Crippen molar-refractivity contribution in [2.75, 3.05) is 13.7 Å². The molecule has 3 aromatic rings. The summed E-state index contributed by atoms with van der Waals surface area (Å²) in [5, 5.41) is 0.408. The third-order valence-corrected chi connectivity index (χ3v) is 5.26. The van der Waals surface area contributed by atoms with Crippen molar-refractivity contribution in [3.8, 4) is 0 Å². The van der Waals surface area contributed by atoms with E-state index in [0.29, 0.717) is 47.4 Å². The number of carbonyl (C=O) groups is 2. The Morgan fingerprint density at radius 1 is 1.10 bits per heavy atom. The van der Waals surface area contributed by atoms with Gasteiger partial charge in [-0.25, -0.2) is 14.1 Å². The molecule has 0 atom stereocenters. The second-order valence-electron chi connectivity index (χ2n) is 6.67.